The van der Waals surface area contributed by atoms with E-state index in [0.717, 1.165) is 25.7 Å². The van der Waals surface area contributed by atoms with Crippen LogP contribution in [0.1, 0.15) is 48.8 Å². The van der Waals surface area contributed by atoms with Crippen molar-refractivity contribution in [3.05, 3.63) is 65.2 Å². The zero-order valence-electron chi connectivity index (χ0n) is 15.3. The van der Waals surface area contributed by atoms with Gasteiger partial charge in [0.25, 0.3) is 0 Å². The van der Waals surface area contributed by atoms with Crippen molar-refractivity contribution in [3.8, 4) is 17.6 Å². The Morgan fingerprint density at radius 3 is 2.69 bits per heavy atom. The second-order valence-electron chi connectivity index (χ2n) is 7.83. The zero-order chi connectivity index (χ0) is 18.1. The second kappa shape index (κ2) is 6.82. The highest BCUT2D eigenvalue weighted by atomic mass is 16.3. The zero-order valence-corrected chi connectivity index (χ0v) is 15.3. The van der Waals surface area contributed by atoms with Gasteiger partial charge in [-0.2, -0.15) is 0 Å². The molecule has 2 nitrogen and oxygen atoms in total. The van der Waals surface area contributed by atoms with Gasteiger partial charge in [-0.3, -0.25) is 0 Å². The van der Waals surface area contributed by atoms with E-state index in [1.54, 1.807) is 6.07 Å². The lowest BCUT2D eigenvalue weighted by molar-refractivity contribution is -0.0400. The number of fused-ring (bicyclic) bond motifs is 3. The van der Waals surface area contributed by atoms with Crippen LogP contribution in [0.5, 0.6) is 5.75 Å². The molecular weight excluding hydrogens is 320 g/mol. The van der Waals surface area contributed by atoms with Gasteiger partial charge in [-0.25, -0.2) is 0 Å². The first-order valence-electron chi connectivity index (χ1n) is 9.63. The number of phenolic OH excluding ortho intramolecular Hbond substituents is 1. The van der Waals surface area contributed by atoms with Crippen LogP contribution in [0.4, 0.5) is 0 Å². The Kier molecular flexibility index (Phi) is 4.51. The maximum atomic E-state index is 11.4. The summed E-state index contributed by atoms with van der Waals surface area (Å²) in [5, 5.41) is 21.2. The van der Waals surface area contributed by atoms with Gasteiger partial charge in [0, 0.05) is 5.92 Å². The van der Waals surface area contributed by atoms with Crippen molar-refractivity contribution in [3.63, 3.8) is 0 Å². The lowest BCUT2D eigenvalue weighted by Crippen LogP contribution is -2.49. The molecule has 2 heteroatoms. The lowest BCUT2D eigenvalue weighted by Gasteiger charge is -2.49. The Morgan fingerprint density at radius 1 is 1.12 bits per heavy atom. The van der Waals surface area contributed by atoms with E-state index in [0.29, 0.717) is 24.0 Å². The van der Waals surface area contributed by atoms with E-state index in [-0.39, 0.29) is 5.92 Å². The number of benzene rings is 2. The minimum absolute atomic E-state index is 0.137. The number of hydrogen-bond donors (Lipinski definition) is 2. The number of rotatable bonds is 2. The van der Waals surface area contributed by atoms with Gasteiger partial charge in [0.1, 0.15) is 11.4 Å². The van der Waals surface area contributed by atoms with E-state index >= 15 is 0 Å². The minimum Gasteiger partial charge on any atom is -0.508 e. The molecule has 0 amide bonds. The van der Waals surface area contributed by atoms with Crippen LogP contribution in [0.3, 0.4) is 0 Å². The lowest BCUT2D eigenvalue weighted by atomic mass is 9.57. The van der Waals surface area contributed by atoms with E-state index in [1.165, 1.54) is 16.7 Å². The SMILES string of the molecule is CC#C[C@@]1(O)CCC2c3ccc(O)cc3CC[C@H]2[C@@H]1Cc1ccccc1. The van der Waals surface area contributed by atoms with Crippen LogP contribution in [0, 0.1) is 23.7 Å². The Balaban J connectivity index is 1.71. The van der Waals surface area contributed by atoms with Crippen molar-refractivity contribution in [2.45, 2.75) is 50.5 Å². The Bertz CT molecular complexity index is 846. The molecule has 4 atom stereocenters. The largest absolute Gasteiger partial charge is 0.508 e. The van der Waals surface area contributed by atoms with Crippen molar-refractivity contribution in [2.24, 2.45) is 11.8 Å². The molecule has 0 aliphatic heterocycles. The first-order valence-corrected chi connectivity index (χ1v) is 9.63. The predicted octanol–water partition coefficient (Wildman–Crippen LogP) is 4.45. The van der Waals surface area contributed by atoms with Crippen LogP contribution >= 0.6 is 0 Å². The maximum Gasteiger partial charge on any atom is 0.128 e. The summed E-state index contributed by atoms with van der Waals surface area (Å²) in [5.74, 6) is 7.51. The van der Waals surface area contributed by atoms with E-state index < -0.39 is 5.60 Å². The molecule has 0 saturated heterocycles. The van der Waals surface area contributed by atoms with Crippen molar-refractivity contribution in [1.82, 2.24) is 0 Å². The molecule has 2 aromatic carbocycles. The first kappa shape index (κ1) is 17.2. The van der Waals surface area contributed by atoms with Gasteiger partial charge in [0.2, 0.25) is 0 Å². The first-order chi connectivity index (χ1) is 12.6. The molecule has 2 N–H and O–H groups in total. The van der Waals surface area contributed by atoms with Gasteiger partial charge in [0.15, 0.2) is 0 Å². The van der Waals surface area contributed by atoms with Crippen LogP contribution in [0.2, 0.25) is 0 Å². The Hall–Kier alpha value is -2.24. The van der Waals surface area contributed by atoms with E-state index in [9.17, 15) is 10.2 Å². The molecule has 0 bridgehead atoms. The molecule has 0 heterocycles. The van der Waals surface area contributed by atoms with Crippen LogP contribution < -0.4 is 0 Å². The summed E-state index contributed by atoms with van der Waals surface area (Å²) in [7, 11) is 0. The van der Waals surface area contributed by atoms with Gasteiger partial charge < -0.3 is 10.2 Å². The van der Waals surface area contributed by atoms with Crippen LogP contribution in [0.15, 0.2) is 48.5 Å². The third-order valence-corrected chi connectivity index (χ3v) is 6.40. The van der Waals surface area contributed by atoms with Crippen molar-refractivity contribution in [2.75, 3.05) is 0 Å². The fraction of sp³-hybridized carbons (Fsp3) is 0.417. The monoisotopic (exact) mass is 346 g/mol. The van der Waals surface area contributed by atoms with Crippen LogP contribution in [0.25, 0.3) is 0 Å². The summed E-state index contributed by atoms with van der Waals surface area (Å²) in [6.07, 6.45) is 4.55. The average Bonchev–Trinajstić information content (AvgIpc) is 2.64. The highest BCUT2D eigenvalue weighted by Crippen LogP contribution is 2.52. The fourth-order valence-corrected chi connectivity index (χ4v) is 5.25. The standard InChI is InChI=1S/C24H26O2/c1-2-13-24(26)14-12-21-20-11-9-19(25)16-18(20)8-10-22(21)23(24)15-17-6-4-3-5-7-17/h3-7,9,11,16,21-23,25-26H,8,10,12,14-15H2,1H3/t21?,22-,23+,24-/m1/s1. The third-order valence-electron chi connectivity index (χ3n) is 6.40. The summed E-state index contributed by atoms with van der Waals surface area (Å²) in [6.45, 7) is 1.82. The number of aryl methyl sites for hydroxylation is 1. The van der Waals surface area contributed by atoms with Crippen molar-refractivity contribution >= 4 is 0 Å². The molecule has 1 unspecified atom stereocenters. The normalized spacial score (nSPS) is 29.8. The van der Waals surface area contributed by atoms with Gasteiger partial charge >= 0.3 is 0 Å². The highest BCUT2D eigenvalue weighted by Gasteiger charge is 2.49. The summed E-state index contributed by atoms with van der Waals surface area (Å²) in [4.78, 5) is 0. The predicted molar refractivity (Wildman–Crippen MR) is 104 cm³/mol. The summed E-state index contributed by atoms with van der Waals surface area (Å²) in [5.41, 5.74) is 3.01. The number of aliphatic hydroxyl groups is 1. The number of aromatic hydroxyl groups is 1. The molecule has 0 aromatic heterocycles. The molecule has 26 heavy (non-hydrogen) atoms. The average molecular weight is 346 g/mol. The van der Waals surface area contributed by atoms with Crippen molar-refractivity contribution in [1.29, 1.82) is 0 Å². The second-order valence-corrected chi connectivity index (χ2v) is 7.83. The van der Waals surface area contributed by atoms with Gasteiger partial charge in [-0.05, 0) is 79.7 Å². The van der Waals surface area contributed by atoms with Crippen LogP contribution in [-0.2, 0) is 12.8 Å². The van der Waals surface area contributed by atoms with Crippen LogP contribution in [-0.4, -0.2) is 15.8 Å². The molecule has 2 aromatic rings. The van der Waals surface area contributed by atoms with Gasteiger partial charge in [0.05, 0.1) is 0 Å². The highest BCUT2D eigenvalue weighted by molar-refractivity contribution is 5.41. The smallest absolute Gasteiger partial charge is 0.128 e. The van der Waals surface area contributed by atoms with Gasteiger partial charge in [-0.1, -0.05) is 42.3 Å². The number of phenols is 1. The molecule has 2 aliphatic carbocycles. The van der Waals surface area contributed by atoms with E-state index in [2.05, 4.69) is 42.2 Å². The molecule has 134 valence electrons. The molecular formula is C24H26O2. The quantitative estimate of drug-likeness (QED) is 0.789. The Morgan fingerprint density at radius 2 is 1.92 bits per heavy atom. The number of hydrogen-bond acceptors (Lipinski definition) is 2. The minimum atomic E-state index is -0.903. The molecule has 1 fully saturated rings. The topological polar surface area (TPSA) is 40.5 Å². The summed E-state index contributed by atoms with van der Waals surface area (Å²) < 4.78 is 0. The molecule has 4 rings (SSSR count). The molecule has 2 aliphatic rings. The van der Waals surface area contributed by atoms with E-state index in [1.807, 2.05) is 19.1 Å². The maximum absolute atomic E-state index is 11.4. The molecule has 0 spiro atoms. The third kappa shape index (κ3) is 3.02. The van der Waals surface area contributed by atoms with Crippen molar-refractivity contribution < 1.29 is 10.2 Å². The summed E-state index contributed by atoms with van der Waals surface area (Å²) >= 11 is 0. The van der Waals surface area contributed by atoms with E-state index in [4.69, 9.17) is 0 Å². The molecule has 1 saturated carbocycles. The summed E-state index contributed by atoms with van der Waals surface area (Å²) in [6, 6.07) is 16.3. The molecule has 0 radical (unpaired) electrons. The van der Waals surface area contributed by atoms with Gasteiger partial charge in [-0.15, -0.1) is 5.92 Å². The Labute approximate surface area is 155 Å². The fourth-order valence-electron chi connectivity index (χ4n) is 5.25.